The van der Waals surface area contributed by atoms with E-state index in [2.05, 4.69) is 263 Å². The summed E-state index contributed by atoms with van der Waals surface area (Å²) in [4.78, 5) is 0. The Bertz CT molecular complexity index is 3490. The van der Waals surface area contributed by atoms with Gasteiger partial charge in [-0.1, -0.05) is 216 Å². The monoisotopic (exact) mass is 893 g/mol. The maximum Gasteiger partial charge on any atom is 0.179 e. The topological polar surface area (TPSA) is 4.93 Å². The number of halogens is 1. The lowest BCUT2D eigenvalue weighted by molar-refractivity contribution is 0.794. The van der Waals surface area contributed by atoms with E-state index in [0.29, 0.717) is 0 Å². The summed E-state index contributed by atoms with van der Waals surface area (Å²) < 4.78 is 3.49. The SMILES string of the molecule is Brc1ccc([Si](c2ccccc2)(c2ccc(-c3ccc4c(c3)C3(c5ccccc5-c5ccccc53)c3ccccc3-4)cc2)c2ccc(-n3c4ccccc4c4ccccc43)cc2)cc1. The molecule has 0 fully saturated rings. The van der Waals surface area contributed by atoms with Crippen molar-refractivity contribution in [2.24, 2.45) is 0 Å². The highest BCUT2D eigenvalue weighted by Crippen LogP contribution is 2.63. The van der Waals surface area contributed by atoms with Crippen LogP contribution in [0, 0.1) is 0 Å². The van der Waals surface area contributed by atoms with Crippen molar-refractivity contribution in [1.29, 1.82) is 0 Å². The number of nitrogens with zero attached hydrogens (tertiary/aromatic N) is 1. The molecule has 2 aliphatic carbocycles. The van der Waals surface area contributed by atoms with E-state index in [-0.39, 0.29) is 5.41 Å². The minimum absolute atomic E-state index is 0.378. The zero-order valence-corrected chi connectivity index (χ0v) is 37.5. The summed E-state index contributed by atoms with van der Waals surface area (Å²) in [6.45, 7) is 0. The Hall–Kier alpha value is -7.30. The van der Waals surface area contributed by atoms with E-state index < -0.39 is 8.07 Å². The molecule has 0 amide bonds. The van der Waals surface area contributed by atoms with E-state index in [1.807, 2.05) is 0 Å². The first kappa shape index (κ1) is 37.3. The van der Waals surface area contributed by atoms with Crippen LogP contribution in [0.3, 0.4) is 0 Å². The van der Waals surface area contributed by atoms with Crippen LogP contribution in [0.1, 0.15) is 22.3 Å². The van der Waals surface area contributed by atoms with Crippen molar-refractivity contribution >= 4 is 66.6 Å². The van der Waals surface area contributed by atoms with Crippen molar-refractivity contribution in [1.82, 2.24) is 4.57 Å². The van der Waals surface area contributed by atoms with Crippen LogP contribution in [0.2, 0.25) is 0 Å². The third-order valence-corrected chi connectivity index (χ3v) is 19.6. The largest absolute Gasteiger partial charge is 0.309 e. The fourth-order valence-corrected chi connectivity index (χ4v) is 16.6. The molecule has 1 unspecified atom stereocenters. The quantitative estimate of drug-likeness (QED) is 0.116. The lowest BCUT2D eigenvalue weighted by Crippen LogP contribution is -2.74. The Kier molecular flexibility index (Phi) is 8.37. The molecule has 0 N–H and O–H groups in total. The predicted octanol–water partition coefficient (Wildman–Crippen LogP) is 12.9. The standard InChI is InChI=1S/C61H40BrNSi/c62-43-29-35-47(36-30-43)64(45-14-2-1-3-15-45,48-37-31-44(32-38-48)63-59-24-12-7-19-53(59)54-20-8-13-25-60(54)63)46-33-26-41(27-34-46)42-28-39-52-51-18-6-11-23-57(51)61(58(52)40-42)55-21-9-4-16-49(55)50-17-5-10-22-56(50)61/h1-40H. The van der Waals surface area contributed by atoms with Crippen LogP contribution in [-0.4, -0.2) is 12.6 Å². The first-order valence-electron chi connectivity index (χ1n) is 22.1. The van der Waals surface area contributed by atoms with Crippen LogP contribution in [0.5, 0.6) is 0 Å². The molecule has 1 spiro atoms. The maximum absolute atomic E-state index is 3.77. The summed E-state index contributed by atoms with van der Waals surface area (Å²) in [5, 5.41) is 7.92. The molecule has 0 aliphatic heterocycles. The molecule has 0 saturated heterocycles. The van der Waals surface area contributed by atoms with Gasteiger partial charge in [0.2, 0.25) is 0 Å². The number of hydrogen-bond donors (Lipinski definition) is 0. The Labute approximate surface area is 382 Å². The van der Waals surface area contributed by atoms with Crippen molar-refractivity contribution in [2.75, 3.05) is 0 Å². The van der Waals surface area contributed by atoms with E-state index in [4.69, 9.17) is 0 Å². The fraction of sp³-hybridized carbons (Fsp3) is 0.0164. The summed E-state index contributed by atoms with van der Waals surface area (Å²) in [5.41, 5.74) is 16.4. The summed E-state index contributed by atoms with van der Waals surface area (Å²) in [6.07, 6.45) is 0. The second-order valence-corrected chi connectivity index (χ2v) is 22.0. The van der Waals surface area contributed by atoms with Gasteiger partial charge >= 0.3 is 0 Å². The Morgan fingerprint density at radius 3 is 1.28 bits per heavy atom. The molecule has 13 rings (SSSR count). The molecule has 11 aromatic rings. The van der Waals surface area contributed by atoms with Gasteiger partial charge in [0, 0.05) is 20.9 Å². The highest BCUT2D eigenvalue weighted by atomic mass is 79.9. The van der Waals surface area contributed by atoms with Crippen molar-refractivity contribution < 1.29 is 0 Å². The lowest BCUT2D eigenvalue weighted by atomic mass is 9.70. The number of aromatic nitrogens is 1. The minimum Gasteiger partial charge on any atom is -0.309 e. The van der Waals surface area contributed by atoms with Crippen molar-refractivity contribution in [3.63, 3.8) is 0 Å². The van der Waals surface area contributed by atoms with Gasteiger partial charge in [-0.05, 0) is 119 Å². The van der Waals surface area contributed by atoms with E-state index in [0.717, 1.165) is 10.2 Å². The fourth-order valence-electron chi connectivity index (χ4n) is 11.6. The Balaban J connectivity index is 0.983. The van der Waals surface area contributed by atoms with Gasteiger partial charge in [0.25, 0.3) is 0 Å². The summed E-state index contributed by atoms with van der Waals surface area (Å²) in [6, 6.07) is 91.3. The molecular weight excluding hydrogens is 855 g/mol. The molecule has 3 heteroatoms. The van der Waals surface area contributed by atoms with E-state index in [1.165, 1.54) is 98.2 Å². The average molecular weight is 895 g/mol. The second-order valence-electron chi connectivity index (χ2n) is 17.3. The highest BCUT2D eigenvalue weighted by molar-refractivity contribution is 9.10. The minimum atomic E-state index is -2.86. The van der Waals surface area contributed by atoms with Gasteiger partial charge in [0.1, 0.15) is 0 Å². The van der Waals surface area contributed by atoms with Crippen LogP contribution in [0.15, 0.2) is 247 Å². The number of rotatable bonds is 6. The Morgan fingerprint density at radius 2 is 0.734 bits per heavy atom. The van der Waals surface area contributed by atoms with E-state index in [9.17, 15) is 0 Å². The molecule has 1 heterocycles. The lowest BCUT2D eigenvalue weighted by Gasteiger charge is -2.34. The van der Waals surface area contributed by atoms with Crippen LogP contribution in [0.4, 0.5) is 0 Å². The van der Waals surface area contributed by atoms with Crippen molar-refractivity contribution in [3.05, 3.63) is 269 Å². The predicted molar refractivity (Wildman–Crippen MR) is 274 cm³/mol. The molecule has 300 valence electrons. The average Bonchev–Trinajstić information content (AvgIpc) is 3.97. The number of para-hydroxylation sites is 2. The molecule has 1 nitrogen and oxygen atoms in total. The third-order valence-electron chi connectivity index (χ3n) is 14.3. The zero-order chi connectivity index (χ0) is 42.4. The van der Waals surface area contributed by atoms with E-state index >= 15 is 0 Å². The normalized spacial score (nSPS) is 14.0. The van der Waals surface area contributed by atoms with Gasteiger partial charge in [-0.3, -0.25) is 0 Å². The van der Waals surface area contributed by atoms with Crippen LogP contribution in [-0.2, 0) is 5.41 Å². The first-order chi connectivity index (χ1) is 31.7. The highest BCUT2D eigenvalue weighted by Gasteiger charge is 2.51. The summed E-state index contributed by atoms with van der Waals surface area (Å²) in [5.74, 6) is 0. The molecule has 0 saturated carbocycles. The Morgan fingerprint density at radius 1 is 0.328 bits per heavy atom. The molecule has 0 bridgehead atoms. The summed E-state index contributed by atoms with van der Waals surface area (Å²) in [7, 11) is -2.86. The van der Waals surface area contributed by atoms with Crippen LogP contribution >= 0.6 is 15.9 Å². The first-order valence-corrected chi connectivity index (χ1v) is 24.9. The third kappa shape index (κ3) is 5.17. The van der Waals surface area contributed by atoms with Gasteiger partial charge in [0.05, 0.1) is 16.4 Å². The summed E-state index contributed by atoms with van der Waals surface area (Å²) >= 11 is 3.77. The number of hydrogen-bond acceptors (Lipinski definition) is 0. The molecule has 64 heavy (non-hydrogen) atoms. The smallest absolute Gasteiger partial charge is 0.179 e. The molecule has 1 atom stereocenters. The van der Waals surface area contributed by atoms with E-state index in [1.54, 1.807) is 0 Å². The van der Waals surface area contributed by atoms with Gasteiger partial charge in [-0.15, -0.1) is 0 Å². The molecule has 10 aromatic carbocycles. The van der Waals surface area contributed by atoms with Gasteiger partial charge in [-0.25, -0.2) is 0 Å². The van der Waals surface area contributed by atoms with Crippen LogP contribution in [0.25, 0.3) is 60.9 Å². The zero-order valence-electron chi connectivity index (χ0n) is 34.9. The van der Waals surface area contributed by atoms with Crippen molar-refractivity contribution in [3.8, 4) is 39.1 Å². The van der Waals surface area contributed by atoms with Crippen molar-refractivity contribution in [2.45, 2.75) is 5.41 Å². The number of benzene rings is 10. The maximum atomic E-state index is 3.77. The second kappa shape index (κ2) is 14.4. The molecule has 0 radical (unpaired) electrons. The molecule has 1 aromatic heterocycles. The molecular formula is C61H40BrNSi. The van der Waals surface area contributed by atoms with Crippen LogP contribution < -0.4 is 20.7 Å². The van der Waals surface area contributed by atoms with Gasteiger partial charge in [-0.2, -0.15) is 0 Å². The van der Waals surface area contributed by atoms with Gasteiger partial charge < -0.3 is 4.57 Å². The molecule has 2 aliphatic rings. The van der Waals surface area contributed by atoms with Gasteiger partial charge in [0.15, 0.2) is 8.07 Å². The number of fused-ring (bicyclic) bond motifs is 13.